The summed E-state index contributed by atoms with van der Waals surface area (Å²) in [5, 5.41) is 13.0. The van der Waals surface area contributed by atoms with Gasteiger partial charge in [-0.25, -0.2) is 0 Å². The fraction of sp³-hybridized carbons (Fsp3) is 0.538. The standard InChI is InChI=1S/C26H28Cl2F3N3O4/c1-25(2)9-15(10-25)12-33(13-20(35)22-18(27)4-3-5-19(22)28)24(38)17-11-32-34(23(17)26(29,30)31)16-6-14(7-16)8-21(36)37/h3-5,11,14-16H,6-10,12-13H2,1-2H3,(H,36,37)/t14-,16+. The number of alkyl halides is 3. The first-order valence-corrected chi connectivity index (χ1v) is 13.0. The van der Waals surface area contributed by atoms with Crippen LogP contribution in [0.3, 0.4) is 0 Å². The minimum atomic E-state index is -4.89. The van der Waals surface area contributed by atoms with Gasteiger partial charge in [-0.3, -0.25) is 19.1 Å². The van der Waals surface area contributed by atoms with Gasteiger partial charge in [0.2, 0.25) is 0 Å². The first-order chi connectivity index (χ1) is 17.7. The minimum Gasteiger partial charge on any atom is -0.481 e. The number of carboxylic acid groups (broad SMARTS) is 1. The first kappa shape index (κ1) is 28.4. The van der Waals surface area contributed by atoms with Crippen molar-refractivity contribution >= 4 is 40.9 Å². The van der Waals surface area contributed by atoms with Gasteiger partial charge in [0, 0.05) is 13.0 Å². The van der Waals surface area contributed by atoms with Gasteiger partial charge in [0.1, 0.15) is 0 Å². The molecule has 1 amide bonds. The molecule has 0 aliphatic heterocycles. The molecule has 1 aromatic carbocycles. The summed E-state index contributed by atoms with van der Waals surface area (Å²) in [6, 6.07) is 3.85. The number of carbonyl (C=O) groups excluding carboxylic acids is 2. The van der Waals surface area contributed by atoms with E-state index in [1.54, 1.807) is 6.07 Å². The lowest BCUT2D eigenvalue weighted by atomic mass is 9.64. The van der Waals surface area contributed by atoms with Crippen molar-refractivity contribution in [3.63, 3.8) is 0 Å². The van der Waals surface area contributed by atoms with E-state index < -0.39 is 47.7 Å². The van der Waals surface area contributed by atoms with Crippen LogP contribution >= 0.6 is 23.2 Å². The summed E-state index contributed by atoms with van der Waals surface area (Å²) < 4.78 is 43.5. The van der Waals surface area contributed by atoms with Crippen molar-refractivity contribution in [2.75, 3.05) is 13.1 Å². The van der Waals surface area contributed by atoms with Gasteiger partial charge in [0.25, 0.3) is 5.91 Å². The number of aromatic nitrogens is 2. The molecule has 206 valence electrons. The second kappa shape index (κ2) is 10.5. The molecule has 0 atom stereocenters. The fourth-order valence-corrected chi connectivity index (χ4v) is 6.35. The third kappa shape index (κ3) is 6.01. The van der Waals surface area contributed by atoms with Crippen LogP contribution in [-0.4, -0.2) is 50.5 Å². The van der Waals surface area contributed by atoms with Crippen molar-refractivity contribution in [2.24, 2.45) is 17.3 Å². The number of carboxylic acids is 1. The van der Waals surface area contributed by atoms with E-state index in [4.69, 9.17) is 28.3 Å². The third-order valence-corrected chi connectivity index (χ3v) is 7.97. The molecule has 2 aliphatic carbocycles. The van der Waals surface area contributed by atoms with E-state index in [1.165, 1.54) is 12.1 Å². The fourth-order valence-electron chi connectivity index (χ4n) is 5.74. The molecule has 2 fully saturated rings. The van der Waals surface area contributed by atoms with Crippen molar-refractivity contribution in [3.05, 3.63) is 51.3 Å². The zero-order valence-electron chi connectivity index (χ0n) is 20.9. The number of aliphatic carboxylic acids is 1. The lowest BCUT2D eigenvalue weighted by molar-refractivity contribution is -0.147. The van der Waals surface area contributed by atoms with Crippen molar-refractivity contribution in [1.29, 1.82) is 0 Å². The summed E-state index contributed by atoms with van der Waals surface area (Å²) >= 11 is 12.3. The predicted octanol–water partition coefficient (Wildman–Crippen LogP) is 6.40. The molecule has 1 aromatic heterocycles. The smallest absolute Gasteiger partial charge is 0.433 e. The van der Waals surface area contributed by atoms with Gasteiger partial charge >= 0.3 is 12.1 Å². The number of ketones is 1. The van der Waals surface area contributed by atoms with Crippen molar-refractivity contribution in [3.8, 4) is 0 Å². The highest BCUT2D eigenvalue weighted by Gasteiger charge is 2.46. The molecule has 2 aromatic rings. The summed E-state index contributed by atoms with van der Waals surface area (Å²) in [6.45, 7) is 3.73. The number of benzene rings is 1. The Morgan fingerprint density at radius 3 is 2.26 bits per heavy atom. The monoisotopic (exact) mass is 573 g/mol. The van der Waals surface area contributed by atoms with Crippen LogP contribution in [0.5, 0.6) is 0 Å². The molecule has 0 unspecified atom stereocenters. The molecule has 1 heterocycles. The average molecular weight is 574 g/mol. The van der Waals surface area contributed by atoms with E-state index in [9.17, 15) is 27.6 Å². The maximum atomic E-state index is 14.2. The van der Waals surface area contributed by atoms with Gasteiger partial charge in [-0.2, -0.15) is 18.3 Å². The minimum absolute atomic E-state index is 0.00764. The second-order valence-electron chi connectivity index (χ2n) is 11.1. The van der Waals surface area contributed by atoms with Gasteiger partial charge in [-0.05, 0) is 55.1 Å². The van der Waals surface area contributed by atoms with Gasteiger partial charge in [-0.1, -0.05) is 43.1 Å². The largest absolute Gasteiger partial charge is 0.481 e. The summed E-state index contributed by atoms with van der Waals surface area (Å²) in [7, 11) is 0. The van der Waals surface area contributed by atoms with Crippen LogP contribution in [-0.2, 0) is 11.0 Å². The lowest BCUT2D eigenvalue weighted by Crippen LogP contribution is -2.45. The Morgan fingerprint density at radius 2 is 1.74 bits per heavy atom. The van der Waals surface area contributed by atoms with E-state index >= 15 is 0 Å². The number of carbonyl (C=O) groups is 3. The van der Waals surface area contributed by atoms with Crippen LogP contribution in [0.25, 0.3) is 0 Å². The van der Waals surface area contributed by atoms with Crippen LogP contribution in [0, 0.1) is 17.3 Å². The Kier molecular flexibility index (Phi) is 7.87. The van der Waals surface area contributed by atoms with Gasteiger partial charge in [0.05, 0.1) is 40.0 Å². The van der Waals surface area contributed by atoms with Crippen LogP contribution < -0.4 is 0 Å². The molecule has 1 N–H and O–H groups in total. The van der Waals surface area contributed by atoms with E-state index in [-0.39, 0.29) is 58.7 Å². The second-order valence-corrected chi connectivity index (χ2v) is 11.9. The Bertz CT molecular complexity index is 1230. The summed E-state index contributed by atoms with van der Waals surface area (Å²) in [6.07, 6.45) is -2.18. The number of rotatable bonds is 9. The molecule has 12 heteroatoms. The maximum absolute atomic E-state index is 14.2. The molecule has 0 radical (unpaired) electrons. The van der Waals surface area contributed by atoms with Crippen molar-refractivity contribution in [1.82, 2.24) is 14.7 Å². The third-order valence-electron chi connectivity index (χ3n) is 7.34. The Hall–Kier alpha value is -2.59. The molecular weight excluding hydrogens is 546 g/mol. The highest BCUT2D eigenvalue weighted by Crippen LogP contribution is 2.46. The number of hydrogen-bond acceptors (Lipinski definition) is 4. The number of hydrogen-bond donors (Lipinski definition) is 1. The number of halogens is 5. The first-order valence-electron chi connectivity index (χ1n) is 12.3. The summed E-state index contributed by atoms with van der Waals surface area (Å²) in [5.41, 5.74) is -1.78. The van der Waals surface area contributed by atoms with Crippen LogP contribution in [0.1, 0.15) is 78.4 Å². The maximum Gasteiger partial charge on any atom is 0.433 e. The highest BCUT2D eigenvalue weighted by molar-refractivity contribution is 6.40. The normalized spacial score (nSPS) is 20.9. The number of nitrogens with zero attached hydrogens (tertiary/aromatic N) is 3. The van der Waals surface area contributed by atoms with E-state index in [1.807, 2.05) is 0 Å². The van der Waals surface area contributed by atoms with Gasteiger partial charge < -0.3 is 10.0 Å². The Morgan fingerprint density at radius 1 is 1.13 bits per heavy atom. The molecule has 0 spiro atoms. The number of amides is 1. The quantitative estimate of drug-likeness (QED) is 0.350. The van der Waals surface area contributed by atoms with Gasteiger partial charge in [0.15, 0.2) is 11.5 Å². The van der Waals surface area contributed by atoms with Crippen molar-refractivity contribution < 1.29 is 32.7 Å². The zero-order valence-corrected chi connectivity index (χ0v) is 22.4. The molecule has 2 saturated carbocycles. The molecule has 38 heavy (non-hydrogen) atoms. The summed E-state index contributed by atoms with van der Waals surface area (Å²) in [5.74, 6) is -2.77. The van der Waals surface area contributed by atoms with Crippen LogP contribution in [0.15, 0.2) is 24.4 Å². The van der Waals surface area contributed by atoms with Crippen molar-refractivity contribution in [2.45, 2.75) is 58.2 Å². The molecular formula is C26H28Cl2F3N3O4. The SMILES string of the molecule is CC1(C)CC(CN(CC(=O)c2c(Cl)cccc2Cl)C(=O)c2cnn([C@H]3C[C@@H](CC(=O)O)C3)c2C(F)(F)F)C1. The van der Waals surface area contributed by atoms with E-state index in [0.29, 0.717) is 0 Å². The Balaban J connectivity index is 1.63. The molecule has 4 rings (SSSR count). The molecule has 0 saturated heterocycles. The van der Waals surface area contributed by atoms with E-state index in [0.717, 1.165) is 28.6 Å². The zero-order chi connectivity index (χ0) is 28.0. The van der Waals surface area contributed by atoms with Gasteiger partial charge in [-0.15, -0.1) is 0 Å². The molecule has 0 bridgehead atoms. The molecule has 7 nitrogen and oxygen atoms in total. The summed E-state index contributed by atoms with van der Waals surface area (Å²) in [4.78, 5) is 38.8. The predicted molar refractivity (Wildman–Crippen MR) is 134 cm³/mol. The van der Waals surface area contributed by atoms with Crippen LogP contribution in [0.4, 0.5) is 13.2 Å². The lowest BCUT2D eigenvalue weighted by Gasteiger charge is -2.44. The average Bonchev–Trinajstić information content (AvgIpc) is 3.18. The Labute approximate surface area is 227 Å². The highest BCUT2D eigenvalue weighted by atomic mass is 35.5. The van der Waals surface area contributed by atoms with Crippen LogP contribution in [0.2, 0.25) is 10.0 Å². The molecule has 2 aliphatic rings. The van der Waals surface area contributed by atoms with E-state index in [2.05, 4.69) is 18.9 Å². The number of Topliss-reactive ketones (excluding diaryl/α,β-unsaturated/α-hetero) is 1. The topological polar surface area (TPSA) is 92.5 Å².